The lowest BCUT2D eigenvalue weighted by Gasteiger charge is -2.11. The highest BCUT2D eigenvalue weighted by molar-refractivity contribution is 9.10. The molecule has 6 nitrogen and oxygen atoms in total. The van der Waals surface area contributed by atoms with E-state index in [-0.39, 0.29) is 0 Å². The summed E-state index contributed by atoms with van der Waals surface area (Å²) in [5.41, 5.74) is 2.61. The van der Waals surface area contributed by atoms with Crippen molar-refractivity contribution in [1.82, 2.24) is 5.32 Å². The van der Waals surface area contributed by atoms with Gasteiger partial charge in [0.2, 0.25) is 6.17 Å². The molecule has 2 aromatic carbocycles. The highest BCUT2D eigenvalue weighted by Gasteiger charge is 2.27. The number of fused-ring (bicyclic) bond motifs is 1. The number of carbonyl (C=O) groups is 2. The zero-order valence-electron chi connectivity index (χ0n) is 11.8. The van der Waals surface area contributed by atoms with Crippen LogP contribution in [0.5, 0.6) is 0 Å². The Morgan fingerprint density at radius 2 is 1.91 bits per heavy atom. The summed E-state index contributed by atoms with van der Waals surface area (Å²) in [5, 5.41) is 13.8. The molecule has 1 atom stereocenters. The van der Waals surface area contributed by atoms with Gasteiger partial charge in [-0.15, -0.1) is 0 Å². The van der Waals surface area contributed by atoms with Gasteiger partial charge in [-0.25, -0.2) is 9.79 Å². The minimum absolute atomic E-state index is 0.536. The topological polar surface area (TPSA) is 90.8 Å². The van der Waals surface area contributed by atoms with Crippen LogP contribution in [0.25, 0.3) is 0 Å². The van der Waals surface area contributed by atoms with E-state index < -0.39 is 18.2 Å². The average molecular weight is 374 g/mol. The number of benzodiazepines with no additional fused rings is 1. The first-order valence-electron chi connectivity index (χ1n) is 6.78. The van der Waals surface area contributed by atoms with E-state index in [9.17, 15) is 9.59 Å². The van der Waals surface area contributed by atoms with Crippen molar-refractivity contribution in [3.63, 3.8) is 0 Å². The number of rotatable bonds is 2. The number of nitrogens with zero attached hydrogens (tertiary/aromatic N) is 1. The van der Waals surface area contributed by atoms with Gasteiger partial charge in [-0.1, -0.05) is 42.5 Å². The Hall–Kier alpha value is -2.67. The number of para-hydroxylation sites is 1. The molecule has 0 aromatic heterocycles. The normalized spacial score (nSPS) is 16.7. The van der Waals surface area contributed by atoms with Crippen LogP contribution in [-0.4, -0.2) is 29.0 Å². The van der Waals surface area contributed by atoms with Crippen molar-refractivity contribution in [3.8, 4) is 0 Å². The Morgan fingerprint density at radius 3 is 2.61 bits per heavy atom. The minimum atomic E-state index is -1.31. The van der Waals surface area contributed by atoms with Crippen molar-refractivity contribution < 1.29 is 14.7 Å². The fraction of sp³-hybridized carbons (Fsp3) is 0.0625. The number of carboxylic acid groups (broad SMARTS) is 1. The molecule has 1 aliphatic rings. The number of benzene rings is 2. The number of carbonyl (C=O) groups excluding carboxylic acids is 1. The van der Waals surface area contributed by atoms with Crippen molar-refractivity contribution >= 4 is 39.3 Å². The molecule has 1 aliphatic heterocycles. The van der Waals surface area contributed by atoms with Crippen LogP contribution in [0.15, 0.2) is 58.0 Å². The van der Waals surface area contributed by atoms with Crippen LogP contribution in [0.4, 0.5) is 10.5 Å². The summed E-state index contributed by atoms with van der Waals surface area (Å²) >= 11 is 3.41. The van der Waals surface area contributed by atoms with Crippen molar-refractivity contribution in [3.05, 3.63) is 64.1 Å². The third-order valence-corrected chi connectivity index (χ3v) is 3.99. The van der Waals surface area contributed by atoms with E-state index in [1.54, 1.807) is 6.07 Å². The molecule has 2 aromatic rings. The minimum Gasteiger partial charge on any atom is -0.465 e. The van der Waals surface area contributed by atoms with Gasteiger partial charge in [0.05, 0.1) is 11.4 Å². The number of hydrogen-bond donors (Lipinski definition) is 3. The largest absolute Gasteiger partial charge is 0.465 e. The summed E-state index contributed by atoms with van der Waals surface area (Å²) in [6.45, 7) is 0. The predicted octanol–water partition coefficient (Wildman–Crippen LogP) is 2.83. The Morgan fingerprint density at radius 1 is 1.17 bits per heavy atom. The summed E-state index contributed by atoms with van der Waals surface area (Å²) in [5.74, 6) is -0.536. The molecule has 0 saturated heterocycles. The summed E-state index contributed by atoms with van der Waals surface area (Å²) in [6, 6.07) is 14.8. The first-order chi connectivity index (χ1) is 11.1. The molecule has 7 heteroatoms. The molecule has 0 radical (unpaired) electrons. The number of aliphatic imine (C=N–C) groups is 1. The summed E-state index contributed by atoms with van der Waals surface area (Å²) in [4.78, 5) is 27.6. The first kappa shape index (κ1) is 15.2. The number of nitrogens with one attached hydrogen (secondary N) is 2. The van der Waals surface area contributed by atoms with Crippen LogP contribution in [0.3, 0.4) is 0 Å². The van der Waals surface area contributed by atoms with Gasteiger partial charge in [0.1, 0.15) is 0 Å². The average Bonchev–Trinajstić information content (AvgIpc) is 2.67. The van der Waals surface area contributed by atoms with Crippen LogP contribution < -0.4 is 10.6 Å². The first-order valence-corrected chi connectivity index (χ1v) is 7.58. The second kappa shape index (κ2) is 6.21. The standard InChI is InChI=1S/C16H12BrN3O3/c17-11-8-4-7-10-12(9-5-2-1-3-6-9)18-14(20-16(22)23)15(21)19-13(10)11/h1-8,14,20H,(H,19,21)(H,22,23). The zero-order chi connectivity index (χ0) is 16.4. The van der Waals surface area contributed by atoms with E-state index in [0.29, 0.717) is 21.4 Å². The van der Waals surface area contributed by atoms with E-state index in [1.807, 2.05) is 42.5 Å². The maximum Gasteiger partial charge on any atom is 0.406 e. The smallest absolute Gasteiger partial charge is 0.406 e. The lowest BCUT2D eigenvalue weighted by molar-refractivity contribution is -0.117. The summed E-state index contributed by atoms with van der Waals surface area (Å²) < 4.78 is 0.697. The maximum atomic E-state index is 12.3. The van der Waals surface area contributed by atoms with Crippen molar-refractivity contribution in [2.75, 3.05) is 5.32 Å². The van der Waals surface area contributed by atoms with Gasteiger partial charge < -0.3 is 10.4 Å². The molecule has 3 rings (SSSR count). The fourth-order valence-electron chi connectivity index (χ4n) is 2.34. The quantitative estimate of drug-likeness (QED) is 0.755. The molecule has 1 unspecified atom stereocenters. The van der Waals surface area contributed by atoms with Gasteiger partial charge in [-0.3, -0.25) is 10.1 Å². The van der Waals surface area contributed by atoms with Gasteiger partial charge in [0, 0.05) is 15.6 Å². The molecule has 1 heterocycles. The van der Waals surface area contributed by atoms with Crippen LogP contribution in [-0.2, 0) is 4.79 Å². The van der Waals surface area contributed by atoms with Gasteiger partial charge >= 0.3 is 6.09 Å². The second-order valence-electron chi connectivity index (χ2n) is 4.85. The predicted molar refractivity (Wildman–Crippen MR) is 89.8 cm³/mol. The van der Waals surface area contributed by atoms with E-state index in [0.717, 1.165) is 5.56 Å². The highest BCUT2D eigenvalue weighted by atomic mass is 79.9. The Balaban J connectivity index is 2.19. The van der Waals surface area contributed by atoms with Crippen LogP contribution >= 0.6 is 15.9 Å². The van der Waals surface area contributed by atoms with E-state index >= 15 is 0 Å². The number of amides is 2. The maximum absolute atomic E-state index is 12.3. The van der Waals surface area contributed by atoms with E-state index in [2.05, 4.69) is 31.6 Å². The number of halogens is 1. The molecule has 116 valence electrons. The van der Waals surface area contributed by atoms with Crippen LogP contribution in [0.1, 0.15) is 11.1 Å². The molecule has 0 fully saturated rings. The van der Waals surface area contributed by atoms with E-state index in [4.69, 9.17) is 5.11 Å². The molecule has 23 heavy (non-hydrogen) atoms. The van der Waals surface area contributed by atoms with Gasteiger partial charge in [0.25, 0.3) is 5.91 Å². The molecule has 0 saturated carbocycles. The Labute approximate surface area is 140 Å². The van der Waals surface area contributed by atoms with Gasteiger partial charge in [-0.05, 0) is 22.0 Å². The van der Waals surface area contributed by atoms with Gasteiger partial charge in [0.15, 0.2) is 0 Å². The Bertz CT molecular complexity index is 805. The number of anilines is 1. The summed E-state index contributed by atoms with van der Waals surface area (Å²) in [7, 11) is 0. The highest BCUT2D eigenvalue weighted by Crippen LogP contribution is 2.30. The van der Waals surface area contributed by atoms with Crippen molar-refractivity contribution in [2.24, 2.45) is 4.99 Å². The summed E-state index contributed by atoms with van der Waals surface area (Å²) in [6.07, 6.45) is -2.53. The third kappa shape index (κ3) is 3.09. The monoisotopic (exact) mass is 373 g/mol. The molecular weight excluding hydrogens is 362 g/mol. The van der Waals surface area contributed by atoms with Crippen LogP contribution in [0.2, 0.25) is 0 Å². The Kier molecular flexibility index (Phi) is 4.12. The fourth-order valence-corrected chi connectivity index (χ4v) is 2.80. The van der Waals surface area contributed by atoms with Gasteiger partial charge in [-0.2, -0.15) is 0 Å². The zero-order valence-corrected chi connectivity index (χ0v) is 13.4. The lowest BCUT2D eigenvalue weighted by atomic mass is 10.0. The lowest BCUT2D eigenvalue weighted by Crippen LogP contribution is -2.41. The molecular formula is C16H12BrN3O3. The molecule has 2 amide bonds. The van der Waals surface area contributed by atoms with E-state index in [1.165, 1.54) is 0 Å². The van der Waals surface area contributed by atoms with Crippen molar-refractivity contribution in [1.29, 1.82) is 0 Å². The molecule has 0 bridgehead atoms. The molecule has 0 aliphatic carbocycles. The van der Waals surface area contributed by atoms with Crippen LogP contribution in [0, 0.1) is 0 Å². The third-order valence-electron chi connectivity index (χ3n) is 3.33. The molecule has 0 spiro atoms. The SMILES string of the molecule is O=C(O)NC1N=C(c2ccccc2)c2cccc(Br)c2NC1=O. The second-order valence-corrected chi connectivity index (χ2v) is 5.70. The van der Waals surface area contributed by atoms with Crippen molar-refractivity contribution in [2.45, 2.75) is 6.17 Å². The molecule has 3 N–H and O–H groups in total. The number of hydrogen-bond acceptors (Lipinski definition) is 3.